The zero-order valence-electron chi connectivity index (χ0n) is 20.7. The molecule has 0 bridgehead atoms. The lowest BCUT2D eigenvalue weighted by molar-refractivity contribution is -0.136. The molecule has 0 N–H and O–H groups in total. The quantitative estimate of drug-likeness (QED) is 0.287. The standard InChI is InChI=1S/C31H28N2O3S/c1-20-11-14-25-26(19-37-29(25)15-20)31(35)36-18-30(34)33-28(22-8-3-2-4-9-22)17-27(32-33)24-13-12-21-7-5-6-10-23(21)16-24/h2-10,12-13,16,19-20,28H,11,14-15,17-18H2,1H3/t20-,28+/m0/s1. The first-order chi connectivity index (χ1) is 18.1. The van der Waals surface area contributed by atoms with Crippen molar-refractivity contribution in [3.8, 4) is 0 Å². The minimum absolute atomic E-state index is 0.246. The Hall–Kier alpha value is -3.77. The van der Waals surface area contributed by atoms with Crippen molar-refractivity contribution in [3.05, 3.63) is 105 Å². The van der Waals surface area contributed by atoms with E-state index in [1.807, 2.05) is 47.8 Å². The van der Waals surface area contributed by atoms with E-state index in [1.54, 1.807) is 11.3 Å². The lowest BCUT2D eigenvalue weighted by Crippen LogP contribution is -2.31. The van der Waals surface area contributed by atoms with Crippen molar-refractivity contribution in [1.82, 2.24) is 5.01 Å². The molecule has 0 spiro atoms. The number of hydrogen-bond donors (Lipinski definition) is 0. The molecule has 0 fully saturated rings. The third kappa shape index (κ3) is 4.69. The first-order valence-electron chi connectivity index (χ1n) is 12.8. The van der Waals surface area contributed by atoms with Crippen LogP contribution >= 0.6 is 11.3 Å². The van der Waals surface area contributed by atoms with Gasteiger partial charge in [-0.1, -0.05) is 73.7 Å². The minimum atomic E-state index is -0.422. The number of carbonyl (C=O) groups excluding carboxylic acids is 2. The van der Waals surface area contributed by atoms with E-state index in [0.717, 1.165) is 52.4 Å². The molecule has 1 aliphatic carbocycles. The van der Waals surface area contributed by atoms with Crippen LogP contribution in [0.2, 0.25) is 0 Å². The van der Waals surface area contributed by atoms with Crippen LogP contribution in [0.1, 0.15) is 57.7 Å². The number of carbonyl (C=O) groups is 2. The van der Waals surface area contributed by atoms with Crippen molar-refractivity contribution in [2.75, 3.05) is 6.61 Å². The van der Waals surface area contributed by atoms with Gasteiger partial charge in [-0.3, -0.25) is 4.79 Å². The number of thiophene rings is 1. The lowest BCUT2D eigenvalue weighted by Gasteiger charge is -2.22. The molecule has 1 aromatic heterocycles. The molecule has 0 radical (unpaired) electrons. The Morgan fingerprint density at radius 3 is 2.62 bits per heavy atom. The Morgan fingerprint density at radius 2 is 1.78 bits per heavy atom. The molecule has 6 heteroatoms. The molecule has 5 nitrogen and oxygen atoms in total. The van der Waals surface area contributed by atoms with Gasteiger partial charge in [-0.2, -0.15) is 5.10 Å². The van der Waals surface area contributed by atoms with Crippen LogP contribution in [0.15, 0.2) is 83.3 Å². The molecule has 2 aliphatic rings. The van der Waals surface area contributed by atoms with Gasteiger partial charge in [0, 0.05) is 16.7 Å². The highest BCUT2D eigenvalue weighted by Crippen LogP contribution is 2.35. The van der Waals surface area contributed by atoms with E-state index in [-0.39, 0.29) is 18.6 Å². The van der Waals surface area contributed by atoms with Crippen molar-refractivity contribution in [2.45, 2.75) is 38.6 Å². The van der Waals surface area contributed by atoms with Crippen molar-refractivity contribution >= 4 is 39.7 Å². The van der Waals surface area contributed by atoms with E-state index >= 15 is 0 Å². The SMILES string of the molecule is C[C@H]1CCc2c(C(=O)OCC(=O)N3N=C(c4ccc5ccccc5c4)C[C@@H]3c3ccccc3)csc2C1. The minimum Gasteiger partial charge on any atom is -0.452 e. The third-order valence-corrected chi connectivity index (χ3v) is 8.43. The predicted octanol–water partition coefficient (Wildman–Crippen LogP) is 6.56. The van der Waals surface area contributed by atoms with Gasteiger partial charge in [0.15, 0.2) is 6.61 Å². The third-order valence-electron chi connectivity index (χ3n) is 7.38. The first-order valence-corrected chi connectivity index (χ1v) is 13.6. The molecule has 4 aromatic rings. The first kappa shape index (κ1) is 23.6. The van der Waals surface area contributed by atoms with Crippen LogP contribution in [-0.4, -0.2) is 29.2 Å². The molecule has 37 heavy (non-hydrogen) atoms. The van der Waals surface area contributed by atoms with Gasteiger partial charge in [0.25, 0.3) is 5.91 Å². The van der Waals surface area contributed by atoms with Crippen molar-refractivity contribution in [1.29, 1.82) is 0 Å². The molecule has 0 saturated carbocycles. The number of benzene rings is 3. The van der Waals surface area contributed by atoms with E-state index in [9.17, 15) is 9.59 Å². The summed E-state index contributed by atoms with van der Waals surface area (Å²) in [6.07, 6.45) is 3.56. The fourth-order valence-corrected chi connectivity index (χ4v) is 6.57. The van der Waals surface area contributed by atoms with Gasteiger partial charge in [0.05, 0.1) is 17.3 Å². The van der Waals surface area contributed by atoms with Crippen LogP contribution in [0.5, 0.6) is 0 Å². The van der Waals surface area contributed by atoms with E-state index < -0.39 is 5.97 Å². The van der Waals surface area contributed by atoms with E-state index in [2.05, 4.69) is 37.3 Å². The summed E-state index contributed by atoms with van der Waals surface area (Å²) < 4.78 is 5.54. The second-order valence-corrected chi connectivity index (χ2v) is 10.9. The molecule has 0 unspecified atom stereocenters. The summed E-state index contributed by atoms with van der Waals surface area (Å²) in [5.41, 5.74) is 4.55. The van der Waals surface area contributed by atoms with Crippen molar-refractivity contribution in [3.63, 3.8) is 0 Å². The Kier molecular flexibility index (Phi) is 6.35. The Balaban J connectivity index is 1.23. The predicted molar refractivity (Wildman–Crippen MR) is 147 cm³/mol. The summed E-state index contributed by atoms with van der Waals surface area (Å²) in [5, 5.41) is 10.4. The maximum atomic E-state index is 13.4. The Bertz CT molecular complexity index is 1510. The van der Waals surface area contributed by atoms with Crippen molar-refractivity contribution < 1.29 is 14.3 Å². The molecule has 6 rings (SSSR count). The Morgan fingerprint density at radius 1 is 1.00 bits per heavy atom. The van der Waals surface area contributed by atoms with Gasteiger partial charge in [0.1, 0.15) is 0 Å². The number of rotatable bonds is 5. The number of nitrogens with zero attached hydrogens (tertiary/aromatic N) is 2. The maximum Gasteiger partial charge on any atom is 0.339 e. The fraction of sp³-hybridized carbons (Fsp3) is 0.258. The molecule has 186 valence electrons. The number of hydrazone groups is 1. The largest absolute Gasteiger partial charge is 0.452 e. The topological polar surface area (TPSA) is 59.0 Å². The molecule has 2 heterocycles. The lowest BCUT2D eigenvalue weighted by atomic mass is 9.88. The number of hydrogen-bond acceptors (Lipinski definition) is 5. The number of amides is 1. The summed E-state index contributed by atoms with van der Waals surface area (Å²) in [7, 11) is 0. The molecular weight excluding hydrogens is 480 g/mol. The van der Waals surface area contributed by atoms with Gasteiger partial charge < -0.3 is 4.74 Å². The smallest absolute Gasteiger partial charge is 0.339 e. The highest BCUT2D eigenvalue weighted by Gasteiger charge is 2.34. The van der Waals surface area contributed by atoms with Gasteiger partial charge in [-0.05, 0) is 58.7 Å². The van der Waals surface area contributed by atoms with Gasteiger partial charge in [-0.15, -0.1) is 11.3 Å². The zero-order chi connectivity index (χ0) is 25.4. The Labute approximate surface area is 220 Å². The summed E-state index contributed by atoms with van der Waals surface area (Å²) in [4.78, 5) is 27.6. The van der Waals surface area contributed by atoms with Crippen LogP contribution in [0.25, 0.3) is 10.8 Å². The normalized spacial score (nSPS) is 18.9. The van der Waals surface area contributed by atoms with Gasteiger partial charge in [0.2, 0.25) is 0 Å². The molecule has 0 saturated heterocycles. The van der Waals surface area contributed by atoms with Gasteiger partial charge >= 0.3 is 5.97 Å². The molecule has 1 amide bonds. The second kappa shape index (κ2) is 9.94. The van der Waals surface area contributed by atoms with Crippen LogP contribution < -0.4 is 0 Å². The van der Waals surface area contributed by atoms with Gasteiger partial charge in [-0.25, -0.2) is 9.80 Å². The maximum absolute atomic E-state index is 13.4. The molecule has 3 aromatic carbocycles. The molecular formula is C31H28N2O3S. The van der Waals surface area contributed by atoms with Crippen LogP contribution in [0, 0.1) is 5.92 Å². The average Bonchev–Trinajstić information content (AvgIpc) is 3.57. The fourth-order valence-electron chi connectivity index (χ4n) is 5.34. The van der Waals surface area contributed by atoms with Crippen LogP contribution in [0.3, 0.4) is 0 Å². The molecule has 2 atom stereocenters. The summed E-state index contributed by atoms with van der Waals surface area (Å²) in [6.45, 7) is 1.91. The average molecular weight is 509 g/mol. The number of esters is 1. The highest BCUT2D eigenvalue weighted by atomic mass is 32.1. The monoisotopic (exact) mass is 508 g/mol. The summed E-state index contributed by atoms with van der Waals surface area (Å²) in [5.74, 6) is -0.110. The van der Waals surface area contributed by atoms with Crippen LogP contribution in [-0.2, 0) is 22.4 Å². The highest BCUT2D eigenvalue weighted by molar-refractivity contribution is 7.10. The van der Waals surface area contributed by atoms with Crippen LogP contribution in [0.4, 0.5) is 0 Å². The zero-order valence-corrected chi connectivity index (χ0v) is 21.5. The number of ether oxygens (including phenoxy) is 1. The summed E-state index contributed by atoms with van der Waals surface area (Å²) >= 11 is 1.62. The van der Waals surface area contributed by atoms with E-state index in [0.29, 0.717) is 17.9 Å². The second-order valence-electron chi connectivity index (χ2n) is 9.95. The number of fused-ring (bicyclic) bond motifs is 2. The summed E-state index contributed by atoms with van der Waals surface area (Å²) in [6, 6.07) is 24.1. The van der Waals surface area contributed by atoms with Crippen molar-refractivity contribution in [2.24, 2.45) is 11.0 Å². The molecule has 1 aliphatic heterocycles. The van der Waals surface area contributed by atoms with E-state index in [4.69, 9.17) is 9.84 Å². The van der Waals surface area contributed by atoms with E-state index in [1.165, 1.54) is 9.89 Å².